The third-order valence-corrected chi connectivity index (χ3v) is 3.50. The van der Waals surface area contributed by atoms with Crippen LogP contribution in [0.3, 0.4) is 0 Å². The SMILES string of the molecule is CC1CN(C(=O)CSc2ccccn2)CCO1. The lowest BCUT2D eigenvalue weighted by Gasteiger charge is -2.31. The predicted molar refractivity (Wildman–Crippen MR) is 67.0 cm³/mol. The highest BCUT2D eigenvalue weighted by Crippen LogP contribution is 2.15. The Balaban J connectivity index is 1.81. The van der Waals surface area contributed by atoms with Crippen LogP contribution in [0.5, 0.6) is 0 Å². The molecule has 1 aliphatic heterocycles. The molecule has 0 N–H and O–H groups in total. The molecule has 0 aliphatic carbocycles. The fourth-order valence-electron chi connectivity index (χ4n) is 1.70. The Kier molecular flexibility index (Phi) is 4.39. The molecule has 1 aromatic rings. The topological polar surface area (TPSA) is 42.4 Å². The maximum atomic E-state index is 11.9. The van der Waals surface area contributed by atoms with E-state index in [4.69, 9.17) is 4.74 Å². The second-order valence-electron chi connectivity index (χ2n) is 3.98. The third-order valence-electron chi connectivity index (χ3n) is 2.58. The van der Waals surface area contributed by atoms with E-state index < -0.39 is 0 Å². The molecule has 1 aromatic heterocycles. The van der Waals surface area contributed by atoms with Gasteiger partial charge in [-0.25, -0.2) is 4.98 Å². The lowest BCUT2D eigenvalue weighted by atomic mass is 10.3. The molecule has 1 atom stereocenters. The Bertz CT molecular complexity index is 372. The van der Waals surface area contributed by atoms with Crippen LogP contribution >= 0.6 is 11.8 Å². The van der Waals surface area contributed by atoms with Gasteiger partial charge in [0.05, 0.1) is 23.5 Å². The fraction of sp³-hybridized carbons (Fsp3) is 0.500. The van der Waals surface area contributed by atoms with Gasteiger partial charge in [-0.05, 0) is 19.1 Å². The first-order valence-electron chi connectivity index (χ1n) is 5.69. The summed E-state index contributed by atoms with van der Waals surface area (Å²) >= 11 is 1.48. The van der Waals surface area contributed by atoms with E-state index in [0.717, 1.165) is 5.03 Å². The number of thioether (sulfide) groups is 1. The minimum absolute atomic E-state index is 0.146. The van der Waals surface area contributed by atoms with Gasteiger partial charge in [0, 0.05) is 19.3 Å². The molecule has 5 heteroatoms. The van der Waals surface area contributed by atoms with Gasteiger partial charge >= 0.3 is 0 Å². The van der Waals surface area contributed by atoms with E-state index in [2.05, 4.69) is 4.98 Å². The number of pyridine rings is 1. The van der Waals surface area contributed by atoms with Gasteiger partial charge in [-0.1, -0.05) is 17.8 Å². The Morgan fingerprint density at radius 3 is 3.24 bits per heavy atom. The summed E-state index contributed by atoms with van der Waals surface area (Å²) in [6, 6.07) is 5.71. The van der Waals surface area contributed by atoms with Crippen LogP contribution in [-0.4, -0.2) is 47.3 Å². The first-order chi connectivity index (χ1) is 8.25. The molecule has 0 aromatic carbocycles. The normalized spacial score (nSPS) is 20.3. The molecule has 92 valence electrons. The number of morpholine rings is 1. The number of rotatable bonds is 3. The highest BCUT2D eigenvalue weighted by molar-refractivity contribution is 7.99. The van der Waals surface area contributed by atoms with Crippen molar-refractivity contribution in [1.82, 2.24) is 9.88 Å². The van der Waals surface area contributed by atoms with E-state index in [0.29, 0.717) is 25.4 Å². The molecular formula is C12H16N2O2S. The second-order valence-corrected chi connectivity index (χ2v) is 4.97. The summed E-state index contributed by atoms with van der Waals surface area (Å²) in [5.74, 6) is 0.611. The molecule has 1 unspecified atom stereocenters. The second kappa shape index (κ2) is 6.02. The quantitative estimate of drug-likeness (QED) is 0.763. The summed E-state index contributed by atoms with van der Waals surface area (Å²) in [6.07, 6.45) is 1.89. The molecule has 1 aliphatic rings. The molecular weight excluding hydrogens is 236 g/mol. The molecule has 4 nitrogen and oxygen atoms in total. The first kappa shape index (κ1) is 12.4. The molecule has 2 heterocycles. The molecule has 0 spiro atoms. The molecule has 1 saturated heterocycles. The average Bonchev–Trinajstić information content (AvgIpc) is 2.37. The number of carbonyl (C=O) groups is 1. The predicted octanol–water partition coefficient (Wildman–Crippen LogP) is 1.42. The zero-order chi connectivity index (χ0) is 12.1. The number of hydrogen-bond acceptors (Lipinski definition) is 4. The van der Waals surface area contributed by atoms with Crippen molar-refractivity contribution in [2.45, 2.75) is 18.1 Å². The lowest BCUT2D eigenvalue weighted by Crippen LogP contribution is -2.45. The maximum Gasteiger partial charge on any atom is 0.233 e. The molecule has 17 heavy (non-hydrogen) atoms. The van der Waals surface area contributed by atoms with Gasteiger partial charge in [0.2, 0.25) is 5.91 Å². The summed E-state index contributed by atoms with van der Waals surface area (Å²) in [4.78, 5) is 18.0. The van der Waals surface area contributed by atoms with Crippen molar-refractivity contribution in [2.24, 2.45) is 0 Å². The van der Waals surface area contributed by atoms with Crippen LogP contribution in [0.25, 0.3) is 0 Å². The van der Waals surface area contributed by atoms with Crippen LogP contribution < -0.4 is 0 Å². The van der Waals surface area contributed by atoms with Crippen molar-refractivity contribution in [3.63, 3.8) is 0 Å². The Hall–Kier alpha value is -1.07. The molecule has 0 saturated carbocycles. The van der Waals surface area contributed by atoms with Crippen LogP contribution in [0.2, 0.25) is 0 Å². The molecule has 0 bridgehead atoms. The summed E-state index contributed by atoms with van der Waals surface area (Å²) < 4.78 is 5.41. The highest BCUT2D eigenvalue weighted by Gasteiger charge is 2.21. The van der Waals surface area contributed by atoms with E-state index >= 15 is 0 Å². The van der Waals surface area contributed by atoms with E-state index in [1.165, 1.54) is 11.8 Å². The smallest absolute Gasteiger partial charge is 0.233 e. The summed E-state index contributed by atoms with van der Waals surface area (Å²) in [7, 11) is 0. The number of amides is 1. The molecule has 2 rings (SSSR count). The Morgan fingerprint density at radius 1 is 1.65 bits per heavy atom. The zero-order valence-corrected chi connectivity index (χ0v) is 10.7. The average molecular weight is 252 g/mol. The van der Waals surface area contributed by atoms with Crippen LogP contribution in [0.15, 0.2) is 29.4 Å². The molecule has 0 radical (unpaired) electrons. The van der Waals surface area contributed by atoms with Crippen LogP contribution in [0.1, 0.15) is 6.92 Å². The Morgan fingerprint density at radius 2 is 2.53 bits per heavy atom. The van der Waals surface area contributed by atoms with Crippen LogP contribution in [-0.2, 0) is 9.53 Å². The number of nitrogens with zero attached hydrogens (tertiary/aromatic N) is 2. The summed E-state index contributed by atoms with van der Waals surface area (Å²) in [5.41, 5.74) is 0. The summed E-state index contributed by atoms with van der Waals surface area (Å²) in [6.45, 7) is 4.03. The summed E-state index contributed by atoms with van der Waals surface area (Å²) in [5, 5.41) is 0.891. The van der Waals surface area contributed by atoms with Crippen LogP contribution in [0, 0.1) is 0 Å². The molecule has 1 amide bonds. The van der Waals surface area contributed by atoms with Gasteiger partial charge in [0.15, 0.2) is 0 Å². The van der Waals surface area contributed by atoms with Gasteiger partial charge in [-0.3, -0.25) is 4.79 Å². The van der Waals surface area contributed by atoms with Crippen molar-refractivity contribution in [1.29, 1.82) is 0 Å². The minimum Gasteiger partial charge on any atom is -0.375 e. The zero-order valence-electron chi connectivity index (χ0n) is 9.83. The first-order valence-corrected chi connectivity index (χ1v) is 6.67. The fourth-order valence-corrected chi connectivity index (χ4v) is 2.47. The lowest BCUT2D eigenvalue weighted by molar-refractivity contribution is -0.135. The van der Waals surface area contributed by atoms with Crippen molar-refractivity contribution in [2.75, 3.05) is 25.4 Å². The van der Waals surface area contributed by atoms with Gasteiger partial charge in [-0.2, -0.15) is 0 Å². The van der Waals surface area contributed by atoms with Crippen LogP contribution in [0.4, 0.5) is 0 Å². The number of aromatic nitrogens is 1. The Labute approximate surface area is 105 Å². The standard InChI is InChI=1S/C12H16N2O2S/c1-10-8-14(6-7-16-10)12(15)9-17-11-4-2-3-5-13-11/h2-5,10H,6-9H2,1H3. The third kappa shape index (κ3) is 3.71. The number of ether oxygens (including phenoxy) is 1. The van der Waals surface area contributed by atoms with E-state index in [1.807, 2.05) is 30.0 Å². The van der Waals surface area contributed by atoms with Gasteiger partial charge in [0.25, 0.3) is 0 Å². The molecule has 1 fully saturated rings. The van der Waals surface area contributed by atoms with Gasteiger partial charge < -0.3 is 9.64 Å². The number of carbonyl (C=O) groups excluding carboxylic acids is 1. The van der Waals surface area contributed by atoms with Gasteiger partial charge in [0.1, 0.15) is 0 Å². The maximum absolute atomic E-state index is 11.9. The van der Waals surface area contributed by atoms with Crippen molar-refractivity contribution in [3.05, 3.63) is 24.4 Å². The highest BCUT2D eigenvalue weighted by atomic mass is 32.2. The minimum atomic E-state index is 0.146. The van der Waals surface area contributed by atoms with E-state index in [-0.39, 0.29) is 12.0 Å². The monoisotopic (exact) mass is 252 g/mol. The van der Waals surface area contributed by atoms with Crippen molar-refractivity contribution >= 4 is 17.7 Å². The van der Waals surface area contributed by atoms with Gasteiger partial charge in [-0.15, -0.1) is 0 Å². The largest absolute Gasteiger partial charge is 0.375 e. The van der Waals surface area contributed by atoms with E-state index in [9.17, 15) is 4.79 Å². The van der Waals surface area contributed by atoms with E-state index in [1.54, 1.807) is 6.20 Å². The number of hydrogen-bond donors (Lipinski definition) is 0. The van der Waals surface area contributed by atoms with Crippen molar-refractivity contribution in [3.8, 4) is 0 Å². The van der Waals surface area contributed by atoms with Crippen molar-refractivity contribution < 1.29 is 9.53 Å².